The zero-order valence-electron chi connectivity index (χ0n) is 24.4. The van der Waals surface area contributed by atoms with Crippen LogP contribution in [0.3, 0.4) is 0 Å². The molecule has 0 heterocycles. The summed E-state index contributed by atoms with van der Waals surface area (Å²) in [5.74, 6) is 2.12. The van der Waals surface area contributed by atoms with Crippen LogP contribution in [0.2, 0.25) is 0 Å². The van der Waals surface area contributed by atoms with Gasteiger partial charge >= 0.3 is 0 Å². The van der Waals surface area contributed by atoms with Crippen LogP contribution < -0.4 is 9.47 Å². The van der Waals surface area contributed by atoms with Gasteiger partial charge in [-0.05, 0) is 109 Å². The van der Waals surface area contributed by atoms with E-state index in [1.165, 1.54) is 0 Å². The minimum Gasteiger partial charge on any atom is -0.488 e. The van der Waals surface area contributed by atoms with Crippen molar-refractivity contribution in [1.29, 1.82) is 0 Å². The first-order valence-electron chi connectivity index (χ1n) is 14.0. The quantitative estimate of drug-likeness (QED) is 0.185. The van der Waals surface area contributed by atoms with Gasteiger partial charge in [-0.15, -0.1) is 0 Å². The number of benzene rings is 4. The van der Waals surface area contributed by atoms with Crippen molar-refractivity contribution in [3.63, 3.8) is 0 Å². The lowest BCUT2D eigenvalue weighted by Gasteiger charge is -2.28. The van der Waals surface area contributed by atoms with Gasteiger partial charge in [0.1, 0.15) is 22.8 Å². The summed E-state index contributed by atoms with van der Waals surface area (Å²) in [4.78, 5) is 0.528. The van der Waals surface area contributed by atoms with E-state index in [9.17, 15) is 8.42 Å². The number of rotatable bonds is 11. The van der Waals surface area contributed by atoms with Gasteiger partial charge in [0.15, 0.2) is 0 Å². The van der Waals surface area contributed by atoms with E-state index in [4.69, 9.17) is 9.47 Å². The van der Waals surface area contributed by atoms with E-state index in [0.717, 1.165) is 41.7 Å². The molecule has 0 fully saturated rings. The number of ether oxygens (including phenoxy) is 2. The van der Waals surface area contributed by atoms with Crippen molar-refractivity contribution in [1.82, 2.24) is 0 Å². The van der Waals surface area contributed by atoms with Gasteiger partial charge in [0.05, 0.1) is 9.79 Å². The van der Waals surface area contributed by atoms with Crippen LogP contribution >= 0.6 is 0 Å². The zero-order valence-corrected chi connectivity index (χ0v) is 25.2. The van der Waals surface area contributed by atoms with Crippen LogP contribution in [0.25, 0.3) is 11.1 Å². The van der Waals surface area contributed by atoms with Gasteiger partial charge < -0.3 is 9.47 Å². The summed E-state index contributed by atoms with van der Waals surface area (Å²) in [5, 5.41) is 0. The molecule has 4 nitrogen and oxygen atoms in total. The van der Waals surface area contributed by atoms with E-state index < -0.39 is 9.84 Å². The van der Waals surface area contributed by atoms with Crippen LogP contribution in [0.5, 0.6) is 17.2 Å². The Morgan fingerprint density at radius 3 is 1.38 bits per heavy atom. The highest BCUT2D eigenvalue weighted by atomic mass is 32.2. The Morgan fingerprint density at radius 2 is 0.950 bits per heavy atom. The van der Waals surface area contributed by atoms with Crippen LogP contribution in [0.4, 0.5) is 0 Å². The van der Waals surface area contributed by atoms with Crippen molar-refractivity contribution in [3.8, 4) is 28.4 Å². The SMILES string of the molecule is CCC(C)(CC)Oc1ccc(-c2ccc(Oc3ccc(S(=O)(=O)c4ccc(C(C)(C)CC)cc4)cc3)cc2)cc1. The number of hydrogen-bond donors (Lipinski definition) is 0. The fourth-order valence-corrected chi connectivity index (χ4v) is 5.62. The van der Waals surface area contributed by atoms with Crippen molar-refractivity contribution >= 4 is 9.84 Å². The maximum atomic E-state index is 13.2. The Morgan fingerprint density at radius 1 is 0.550 bits per heavy atom. The predicted octanol–water partition coefficient (Wildman–Crippen LogP) is 9.62. The summed E-state index contributed by atoms with van der Waals surface area (Å²) in [5.41, 5.74) is 3.14. The first kappa shape index (κ1) is 29.4. The Balaban J connectivity index is 1.42. The smallest absolute Gasteiger partial charge is 0.206 e. The zero-order chi connectivity index (χ0) is 29.0. The molecule has 0 bridgehead atoms. The molecular formula is C35H40O4S. The third-order valence-corrected chi connectivity index (χ3v) is 9.89. The Hall–Kier alpha value is -3.57. The molecule has 0 aromatic heterocycles. The second kappa shape index (κ2) is 11.9. The third kappa shape index (κ3) is 6.59. The van der Waals surface area contributed by atoms with Crippen molar-refractivity contribution < 1.29 is 17.9 Å². The van der Waals surface area contributed by atoms with Gasteiger partial charge in [0.2, 0.25) is 9.84 Å². The molecule has 0 radical (unpaired) electrons. The molecule has 0 aliphatic heterocycles. The summed E-state index contributed by atoms with van der Waals surface area (Å²) in [7, 11) is -3.61. The maximum Gasteiger partial charge on any atom is 0.206 e. The summed E-state index contributed by atoms with van der Waals surface area (Å²) >= 11 is 0. The van der Waals surface area contributed by atoms with Gasteiger partial charge in [0, 0.05) is 0 Å². The van der Waals surface area contributed by atoms with Crippen molar-refractivity contribution in [3.05, 3.63) is 103 Å². The lowest BCUT2D eigenvalue weighted by molar-refractivity contribution is 0.0803. The van der Waals surface area contributed by atoms with Crippen LogP contribution in [-0.4, -0.2) is 14.0 Å². The molecule has 0 spiro atoms. The summed E-state index contributed by atoms with van der Waals surface area (Å²) < 4.78 is 38.5. The normalized spacial score (nSPS) is 12.2. The van der Waals surface area contributed by atoms with Crippen LogP contribution in [0.15, 0.2) is 107 Å². The van der Waals surface area contributed by atoms with Crippen LogP contribution in [0, 0.1) is 0 Å². The fraction of sp³-hybridized carbons (Fsp3) is 0.314. The molecule has 4 aromatic carbocycles. The molecule has 5 heteroatoms. The van der Waals surface area contributed by atoms with E-state index in [-0.39, 0.29) is 20.8 Å². The van der Waals surface area contributed by atoms with Crippen molar-refractivity contribution in [2.45, 2.75) is 81.6 Å². The van der Waals surface area contributed by atoms with Crippen LogP contribution in [-0.2, 0) is 15.3 Å². The predicted molar refractivity (Wildman–Crippen MR) is 163 cm³/mol. The third-order valence-electron chi connectivity index (χ3n) is 8.10. The van der Waals surface area contributed by atoms with E-state index in [0.29, 0.717) is 11.5 Å². The lowest BCUT2D eigenvalue weighted by Crippen LogP contribution is -2.30. The molecule has 0 saturated carbocycles. The standard InChI is InChI=1S/C35H40O4S/c1-7-34(4,5)28-14-22-32(23-15-28)40(36,37)33-24-20-30(21-25-33)38-29-16-10-26(11-17-29)27-12-18-31(19-13-27)39-35(6,8-2)9-3/h10-25H,7-9H2,1-6H3. The molecule has 0 aliphatic rings. The molecule has 210 valence electrons. The monoisotopic (exact) mass is 556 g/mol. The van der Waals surface area contributed by atoms with Gasteiger partial charge in [-0.1, -0.05) is 71.0 Å². The van der Waals surface area contributed by atoms with E-state index >= 15 is 0 Å². The van der Waals surface area contributed by atoms with Gasteiger partial charge in [-0.3, -0.25) is 0 Å². The topological polar surface area (TPSA) is 52.6 Å². The second-order valence-electron chi connectivity index (χ2n) is 11.1. The fourth-order valence-electron chi connectivity index (χ4n) is 4.36. The molecule has 40 heavy (non-hydrogen) atoms. The molecule has 0 atom stereocenters. The van der Waals surface area contributed by atoms with Gasteiger partial charge in [-0.2, -0.15) is 0 Å². The molecular weight excluding hydrogens is 516 g/mol. The summed E-state index contributed by atoms with van der Waals surface area (Å²) in [6.07, 6.45) is 2.89. The van der Waals surface area contributed by atoms with E-state index in [2.05, 4.69) is 53.7 Å². The molecule has 0 unspecified atom stereocenters. The maximum absolute atomic E-state index is 13.2. The van der Waals surface area contributed by atoms with Crippen LogP contribution in [0.1, 0.15) is 66.4 Å². The Kier molecular flexibility index (Phi) is 8.74. The highest BCUT2D eigenvalue weighted by molar-refractivity contribution is 7.91. The highest BCUT2D eigenvalue weighted by Gasteiger charge is 2.22. The first-order valence-corrected chi connectivity index (χ1v) is 15.5. The molecule has 0 aliphatic carbocycles. The Bertz CT molecular complexity index is 1500. The van der Waals surface area contributed by atoms with E-state index in [1.54, 1.807) is 36.4 Å². The lowest BCUT2D eigenvalue weighted by atomic mass is 9.82. The van der Waals surface area contributed by atoms with Gasteiger partial charge in [-0.25, -0.2) is 8.42 Å². The molecule has 0 N–H and O–H groups in total. The van der Waals surface area contributed by atoms with Crippen molar-refractivity contribution in [2.24, 2.45) is 0 Å². The van der Waals surface area contributed by atoms with Crippen molar-refractivity contribution in [2.75, 3.05) is 0 Å². The largest absolute Gasteiger partial charge is 0.488 e. The number of sulfone groups is 1. The number of hydrogen-bond acceptors (Lipinski definition) is 4. The minimum atomic E-state index is -3.61. The molecule has 0 saturated heterocycles. The minimum absolute atomic E-state index is 0.00434. The average molecular weight is 557 g/mol. The summed E-state index contributed by atoms with van der Waals surface area (Å²) in [6, 6.07) is 29.8. The van der Waals surface area contributed by atoms with E-state index in [1.807, 2.05) is 48.5 Å². The molecule has 4 rings (SSSR count). The average Bonchev–Trinajstić information content (AvgIpc) is 2.98. The first-order chi connectivity index (χ1) is 19.0. The molecule has 0 amide bonds. The van der Waals surface area contributed by atoms with Gasteiger partial charge in [0.25, 0.3) is 0 Å². The highest BCUT2D eigenvalue weighted by Crippen LogP contribution is 2.32. The second-order valence-corrected chi connectivity index (χ2v) is 13.1. The molecule has 4 aromatic rings. The summed E-state index contributed by atoms with van der Waals surface area (Å²) in [6.45, 7) is 12.9. The Labute approximate surface area is 239 Å².